The molecule has 1 saturated carbocycles. The molecule has 5 heteroatoms. The van der Waals surface area contributed by atoms with Gasteiger partial charge in [-0.2, -0.15) is 0 Å². The van der Waals surface area contributed by atoms with Crippen LogP contribution in [0.1, 0.15) is 109 Å². The number of carbonyl (C=O) groups excluding carboxylic acids is 1. The van der Waals surface area contributed by atoms with E-state index in [0.717, 1.165) is 53.8 Å². The normalized spacial score (nSPS) is 16.3. The fourth-order valence-electron chi connectivity index (χ4n) is 6.10. The van der Waals surface area contributed by atoms with Crippen LogP contribution >= 0.6 is 0 Å². The maximum absolute atomic E-state index is 13.5. The summed E-state index contributed by atoms with van der Waals surface area (Å²) in [7, 11) is 2.00. The number of benzene rings is 1. The second kappa shape index (κ2) is 11.8. The first-order valence-electron chi connectivity index (χ1n) is 14.6. The second-order valence-electron chi connectivity index (χ2n) is 12.2. The minimum absolute atomic E-state index is 0.0145. The number of amides is 1. The van der Waals surface area contributed by atoms with Gasteiger partial charge in [-0.3, -0.25) is 14.8 Å². The topological polar surface area (TPSA) is 58.1 Å². The van der Waals surface area contributed by atoms with Gasteiger partial charge in [0, 0.05) is 29.9 Å². The molecule has 0 bridgehead atoms. The molecule has 2 aromatic heterocycles. The van der Waals surface area contributed by atoms with Crippen LogP contribution < -0.4 is 5.32 Å². The highest BCUT2D eigenvalue weighted by atomic mass is 16.2. The highest BCUT2D eigenvalue weighted by Crippen LogP contribution is 2.40. The minimum atomic E-state index is -0.0807. The number of carbonyl (C=O) groups is 1. The Morgan fingerprint density at radius 2 is 1.74 bits per heavy atom. The number of nitrogens with one attached hydrogen (secondary N) is 1. The molecule has 0 spiro atoms. The van der Waals surface area contributed by atoms with Gasteiger partial charge in [-0.05, 0) is 66.8 Å². The van der Waals surface area contributed by atoms with Crippen LogP contribution in [-0.2, 0) is 11.2 Å². The van der Waals surface area contributed by atoms with Gasteiger partial charge in [-0.1, -0.05) is 72.9 Å². The van der Waals surface area contributed by atoms with Gasteiger partial charge in [0.1, 0.15) is 0 Å². The van der Waals surface area contributed by atoms with Gasteiger partial charge in [0.2, 0.25) is 5.91 Å². The number of nitrogens with zero attached hydrogens (tertiary/aromatic N) is 3. The van der Waals surface area contributed by atoms with Crippen LogP contribution in [-0.4, -0.2) is 27.8 Å². The molecule has 3 aromatic rings. The van der Waals surface area contributed by atoms with E-state index in [4.69, 9.17) is 9.97 Å². The molecule has 0 aliphatic heterocycles. The molecule has 4 rings (SSSR count). The van der Waals surface area contributed by atoms with Crippen LogP contribution in [0.4, 0.5) is 11.4 Å². The SMILES string of the molecule is CCc1ccc2ncc(Nc3ccc([C@H](N(C)C(=O)C4CCCCC4)C(C)(C)C)cc3)c([C@@H](C)CC)c2n1. The van der Waals surface area contributed by atoms with Crippen molar-refractivity contribution in [2.24, 2.45) is 11.3 Å². The molecule has 1 aliphatic rings. The van der Waals surface area contributed by atoms with E-state index in [2.05, 4.69) is 83.3 Å². The van der Waals surface area contributed by atoms with Crippen molar-refractivity contribution in [3.8, 4) is 0 Å². The molecule has 1 N–H and O–H groups in total. The van der Waals surface area contributed by atoms with E-state index < -0.39 is 0 Å². The summed E-state index contributed by atoms with van der Waals surface area (Å²) in [5.74, 6) is 0.818. The summed E-state index contributed by atoms with van der Waals surface area (Å²) >= 11 is 0. The minimum Gasteiger partial charge on any atom is -0.354 e. The summed E-state index contributed by atoms with van der Waals surface area (Å²) in [5, 5.41) is 3.64. The second-order valence-corrected chi connectivity index (χ2v) is 12.2. The van der Waals surface area contributed by atoms with Crippen molar-refractivity contribution in [1.82, 2.24) is 14.9 Å². The Balaban J connectivity index is 1.63. The standard InChI is InChI=1S/C33H46N4O/c1-8-22(3)29-28(21-34-27-20-19-25(9-2)36-30(27)29)35-26-17-15-23(16-18-26)31(33(4,5)6)37(7)32(38)24-13-11-10-12-14-24/h15-22,24,31,35H,8-14H2,1-7H3/t22-,31-/m0/s1. The predicted molar refractivity (Wildman–Crippen MR) is 159 cm³/mol. The van der Waals surface area contributed by atoms with Crippen molar-refractivity contribution in [2.75, 3.05) is 12.4 Å². The zero-order chi connectivity index (χ0) is 27.4. The molecule has 1 aliphatic carbocycles. The summed E-state index contributed by atoms with van der Waals surface area (Å²) in [6.07, 6.45) is 9.52. The van der Waals surface area contributed by atoms with E-state index in [9.17, 15) is 4.79 Å². The van der Waals surface area contributed by atoms with Crippen molar-refractivity contribution in [3.63, 3.8) is 0 Å². The molecular weight excluding hydrogens is 468 g/mol. The van der Waals surface area contributed by atoms with Crippen molar-refractivity contribution < 1.29 is 4.79 Å². The van der Waals surface area contributed by atoms with Gasteiger partial charge in [0.05, 0.1) is 29.0 Å². The number of rotatable bonds is 8. The fraction of sp³-hybridized carbons (Fsp3) is 0.545. The molecule has 1 fully saturated rings. The van der Waals surface area contributed by atoms with Crippen LogP contribution in [0, 0.1) is 11.3 Å². The molecule has 0 saturated heterocycles. The number of pyridine rings is 2. The highest BCUT2D eigenvalue weighted by molar-refractivity contribution is 5.85. The zero-order valence-corrected chi connectivity index (χ0v) is 24.5. The van der Waals surface area contributed by atoms with Crippen LogP contribution in [0.3, 0.4) is 0 Å². The van der Waals surface area contributed by atoms with Gasteiger partial charge >= 0.3 is 0 Å². The monoisotopic (exact) mass is 514 g/mol. The predicted octanol–water partition coefficient (Wildman–Crippen LogP) is 8.58. The Morgan fingerprint density at radius 1 is 1.05 bits per heavy atom. The largest absolute Gasteiger partial charge is 0.354 e. The highest BCUT2D eigenvalue weighted by Gasteiger charge is 2.35. The molecule has 2 atom stereocenters. The van der Waals surface area contributed by atoms with Crippen molar-refractivity contribution in [2.45, 2.75) is 98.4 Å². The quantitative estimate of drug-likeness (QED) is 0.327. The molecule has 0 unspecified atom stereocenters. The maximum atomic E-state index is 13.5. The third-order valence-corrected chi connectivity index (χ3v) is 8.29. The Labute approximate surface area is 229 Å². The van der Waals surface area contributed by atoms with Crippen LogP contribution in [0.5, 0.6) is 0 Å². The summed E-state index contributed by atoms with van der Waals surface area (Å²) < 4.78 is 0. The Morgan fingerprint density at radius 3 is 2.34 bits per heavy atom. The molecular formula is C33H46N4O. The van der Waals surface area contributed by atoms with E-state index in [1.807, 2.05) is 18.1 Å². The van der Waals surface area contributed by atoms with Crippen molar-refractivity contribution >= 4 is 28.3 Å². The first-order chi connectivity index (χ1) is 18.1. The molecule has 2 heterocycles. The van der Waals surface area contributed by atoms with E-state index in [1.54, 1.807) is 0 Å². The number of hydrogen-bond acceptors (Lipinski definition) is 4. The average molecular weight is 515 g/mol. The lowest BCUT2D eigenvalue weighted by molar-refractivity contribution is -0.139. The number of hydrogen-bond donors (Lipinski definition) is 1. The van der Waals surface area contributed by atoms with Crippen LogP contribution in [0.25, 0.3) is 11.0 Å². The lowest BCUT2D eigenvalue weighted by Gasteiger charge is -2.40. The van der Waals surface area contributed by atoms with Crippen LogP contribution in [0.15, 0.2) is 42.6 Å². The number of aryl methyl sites for hydroxylation is 1. The average Bonchev–Trinajstić information content (AvgIpc) is 2.92. The van der Waals surface area contributed by atoms with E-state index in [0.29, 0.717) is 11.8 Å². The van der Waals surface area contributed by atoms with E-state index in [1.165, 1.54) is 30.4 Å². The molecule has 38 heavy (non-hydrogen) atoms. The smallest absolute Gasteiger partial charge is 0.225 e. The number of anilines is 2. The Kier molecular flexibility index (Phi) is 8.74. The summed E-state index contributed by atoms with van der Waals surface area (Å²) in [6, 6.07) is 12.8. The zero-order valence-electron chi connectivity index (χ0n) is 24.5. The summed E-state index contributed by atoms with van der Waals surface area (Å²) in [6.45, 7) is 13.3. The van der Waals surface area contributed by atoms with Gasteiger partial charge in [-0.15, -0.1) is 0 Å². The Bertz CT molecular complexity index is 1240. The molecule has 1 amide bonds. The first-order valence-corrected chi connectivity index (χ1v) is 14.6. The van der Waals surface area contributed by atoms with Crippen molar-refractivity contribution in [3.05, 3.63) is 59.4 Å². The maximum Gasteiger partial charge on any atom is 0.225 e. The van der Waals surface area contributed by atoms with Gasteiger partial charge in [-0.25, -0.2) is 0 Å². The third kappa shape index (κ3) is 6.03. The Hall–Kier alpha value is -2.95. The van der Waals surface area contributed by atoms with E-state index in [-0.39, 0.29) is 17.4 Å². The molecule has 5 nitrogen and oxygen atoms in total. The molecule has 0 radical (unpaired) electrons. The molecule has 204 valence electrons. The van der Waals surface area contributed by atoms with Gasteiger partial charge in [0.25, 0.3) is 0 Å². The van der Waals surface area contributed by atoms with Gasteiger partial charge in [0.15, 0.2) is 0 Å². The van der Waals surface area contributed by atoms with E-state index >= 15 is 0 Å². The van der Waals surface area contributed by atoms with Gasteiger partial charge < -0.3 is 10.2 Å². The summed E-state index contributed by atoms with van der Waals surface area (Å²) in [5.41, 5.74) is 7.36. The summed E-state index contributed by atoms with van der Waals surface area (Å²) in [4.78, 5) is 25.2. The lowest BCUT2D eigenvalue weighted by atomic mass is 9.80. The van der Waals surface area contributed by atoms with Crippen molar-refractivity contribution in [1.29, 1.82) is 0 Å². The van der Waals surface area contributed by atoms with Crippen LogP contribution in [0.2, 0.25) is 0 Å². The fourth-order valence-corrected chi connectivity index (χ4v) is 6.10. The third-order valence-electron chi connectivity index (χ3n) is 8.29. The molecule has 1 aromatic carbocycles. The number of fused-ring (bicyclic) bond motifs is 1. The first kappa shape index (κ1) is 28.1. The number of aromatic nitrogens is 2. The lowest BCUT2D eigenvalue weighted by Crippen LogP contribution is -2.41.